The molecular weight excluding hydrogens is 336 g/mol. The Balaban J connectivity index is 2.35. The third-order valence-corrected chi connectivity index (χ3v) is 3.35. The Morgan fingerprint density at radius 2 is 1.96 bits per heavy atom. The molecule has 0 fully saturated rings. The SMILES string of the molecule is C[C@H](NC(=O)CNC(=O)OC(C)(C)C)C(=O)N(C)CCc1ccccn1. The predicted molar refractivity (Wildman–Crippen MR) is 97.4 cm³/mol. The zero-order valence-electron chi connectivity index (χ0n) is 16.0. The van der Waals surface area contributed by atoms with Crippen LogP contribution in [0.2, 0.25) is 0 Å². The van der Waals surface area contributed by atoms with Gasteiger partial charge in [0.05, 0.1) is 0 Å². The molecule has 0 bridgehead atoms. The van der Waals surface area contributed by atoms with Crippen LogP contribution in [0.1, 0.15) is 33.4 Å². The molecule has 8 heteroatoms. The van der Waals surface area contributed by atoms with Gasteiger partial charge < -0.3 is 20.3 Å². The molecule has 1 aromatic heterocycles. The Hall–Kier alpha value is -2.64. The maximum Gasteiger partial charge on any atom is 0.408 e. The fourth-order valence-electron chi connectivity index (χ4n) is 2.09. The van der Waals surface area contributed by atoms with Gasteiger partial charge >= 0.3 is 6.09 Å². The van der Waals surface area contributed by atoms with Gasteiger partial charge in [0.1, 0.15) is 18.2 Å². The maximum atomic E-state index is 12.3. The van der Waals surface area contributed by atoms with Gasteiger partial charge in [-0.05, 0) is 39.8 Å². The lowest BCUT2D eigenvalue weighted by Gasteiger charge is -2.22. The Morgan fingerprint density at radius 3 is 2.54 bits per heavy atom. The van der Waals surface area contributed by atoms with Gasteiger partial charge in [-0.3, -0.25) is 14.6 Å². The van der Waals surface area contributed by atoms with Gasteiger partial charge in [0.2, 0.25) is 11.8 Å². The number of ether oxygens (including phenoxy) is 1. The van der Waals surface area contributed by atoms with E-state index >= 15 is 0 Å². The number of pyridine rings is 1. The van der Waals surface area contributed by atoms with E-state index in [1.165, 1.54) is 0 Å². The Kier molecular flexibility index (Phi) is 8.02. The molecule has 0 saturated carbocycles. The molecule has 0 aromatic carbocycles. The summed E-state index contributed by atoms with van der Waals surface area (Å²) in [6.07, 6.45) is 1.65. The summed E-state index contributed by atoms with van der Waals surface area (Å²) in [4.78, 5) is 41.4. The van der Waals surface area contributed by atoms with Crippen LogP contribution in [0.25, 0.3) is 0 Å². The van der Waals surface area contributed by atoms with E-state index in [-0.39, 0.29) is 12.5 Å². The van der Waals surface area contributed by atoms with Gasteiger partial charge in [-0.2, -0.15) is 0 Å². The molecule has 0 aliphatic carbocycles. The molecule has 1 atom stereocenters. The largest absolute Gasteiger partial charge is 0.444 e. The predicted octanol–water partition coefficient (Wildman–Crippen LogP) is 1.11. The normalized spacial score (nSPS) is 12.0. The lowest BCUT2D eigenvalue weighted by molar-refractivity contribution is -0.134. The average Bonchev–Trinajstić information content (AvgIpc) is 2.56. The van der Waals surface area contributed by atoms with E-state index in [4.69, 9.17) is 4.74 Å². The van der Waals surface area contributed by atoms with Crippen molar-refractivity contribution in [1.82, 2.24) is 20.5 Å². The molecule has 0 aliphatic rings. The summed E-state index contributed by atoms with van der Waals surface area (Å²) >= 11 is 0. The van der Waals surface area contributed by atoms with Crippen LogP contribution in [0, 0.1) is 0 Å². The summed E-state index contributed by atoms with van der Waals surface area (Å²) in [5.74, 6) is -0.679. The second kappa shape index (κ2) is 9.74. The van der Waals surface area contributed by atoms with Crippen molar-refractivity contribution in [3.63, 3.8) is 0 Å². The van der Waals surface area contributed by atoms with Crippen molar-refractivity contribution in [1.29, 1.82) is 0 Å². The van der Waals surface area contributed by atoms with Crippen LogP contribution >= 0.6 is 0 Å². The third kappa shape index (κ3) is 8.46. The fourth-order valence-corrected chi connectivity index (χ4v) is 2.09. The quantitative estimate of drug-likeness (QED) is 0.755. The first-order chi connectivity index (χ1) is 12.1. The number of aromatic nitrogens is 1. The highest BCUT2D eigenvalue weighted by molar-refractivity contribution is 5.89. The number of hydrogen-bond acceptors (Lipinski definition) is 5. The summed E-state index contributed by atoms with van der Waals surface area (Å²) in [5, 5.41) is 4.91. The van der Waals surface area contributed by atoms with Gasteiger partial charge in [0.25, 0.3) is 0 Å². The lowest BCUT2D eigenvalue weighted by atomic mass is 10.2. The first-order valence-electron chi connectivity index (χ1n) is 8.49. The molecule has 2 N–H and O–H groups in total. The summed E-state index contributed by atoms with van der Waals surface area (Å²) < 4.78 is 5.04. The van der Waals surface area contributed by atoms with Crippen LogP contribution in [0.3, 0.4) is 0 Å². The van der Waals surface area contributed by atoms with Crippen LogP contribution < -0.4 is 10.6 Å². The fraction of sp³-hybridized carbons (Fsp3) is 0.556. The molecule has 8 nitrogen and oxygen atoms in total. The van der Waals surface area contributed by atoms with Gasteiger partial charge in [-0.25, -0.2) is 4.79 Å². The minimum atomic E-state index is -0.698. The number of nitrogens with one attached hydrogen (secondary N) is 2. The second-order valence-electron chi connectivity index (χ2n) is 6.98. The van der Waals surface area contributed by atoms with E-state index in [9.17, 15) is 14.4 Å². The van der Waals surface area contributed by atoms with Crippen LogP contribution in [-0.2, 0) is 20.7 Å². The number of nitrogens with zero attached hydrogens (tertiary/aromatic N) is 2. The highest BCUT2D eigenvalue weighted by Crippen LogP contribution is 2.06. The number of carbonyl (C=O) groups is 3. The molecular formula is C18H28N4O4. The highest BCUT2D eigenvalue weighted by atomic mass is 16.6. The first-order valence-corrected chi connectivity index (χ1v) is 8.49. The standard InChI is InChI=1S/C18H28N4O4/c1-13(21-15(23)12-20-17(25)26-18(2,3)4)16(24)22(5)11-9-14-8-6-7-10-19-14/h6-8,10,13H,9,11-12H2,1-5H3,(H,20,25)(H,21,23)/t13-/m0/s1. The first kappa shape index (κ1) is 21.4. The molecule has 1 rings (SSSR count). The zero-order valence-corrected chi connectivity index (χ0v) is 16.0. The molecule has 3 amide bonds. The molecule has 0 spiro atoms. The third-order valence-electron chi connectivity index (χ3n) is 3.35. The minimum Gasteiger partial charge on any atom is -0.444 e. The van der Waals surface area contributed by atoms with Gasteiger partial charge in [-0.15, -0.1) is 0 Å². The number of alkyl carbamates (subject to hydrolysis) is 1. The molecule has 1 aromatic rings. The Labute approximate surface area is 154 Å². The number of likely N-dealkylation sites (N-methyl/N-ethyl adjacent to an activating group) is 1. The average molecular weight is 364 g/mol. The van der Waals surface area contributed by atoms with E-state index in [0.29, 0.717) is 13.0 Å². The number of hydrogen-bond donors (Lipinski definition) is 2. The topological polar surface area (TPSA) is 101 Å². The molecule has 0 saturated heterocycles. The van der Waals surface area contributed by atoms with Crippen molar-refractivity contribution in [3.05, 3.63) is 30.1 Å². The van der Waals surface area contributed by atoms with Crippen molar-refractivity contribution < 1.29 is 19.1 Å². The van der Waals surface area contributed by atoms with Crippen molar-refractivity contribution in [2.24, 2.45) is 0 Å². The van der Waals surface area contributed by atoms with Crippen molar-refractivity contribution in [3.8, 4) is 0 Å². The van der Waals surface area contributed by atoms with Crippen molar-refractivity contribution >= 4 is 17.9 Å². The molecule has 26 heavy (non-hydrogen) atoms. The zero-order chi connectivity index (χ0) is 19.7. The summed E-state index contributed by atoms with van der Waals surface area (Å²) in [7, 11) is 1.67. The molecule has 0 aliphatic heterocycles. The van der Waals surface area contributed by atoms with E-state index < -0.39 is 23.6 Å². The van der Waals surface area contributed by atoms with Crippen molar-refractivity contribution in [2.75, 3.05) is 20.1 Å². The molecule has 0 unspecified atom stereocenters. The lowest BCUT2D eigenvalue weighted by Crippen LogP contribution is -2.49. The summed E-state index contributed by atoms with van der Waals surface area (Å²) in [5.41, 5.74) is 0.255. The molecule has 0 radical (unpaired) electrons. The Morgan fingerprint density at radius 1 is 1.27 bits per heavy atom. The number of carbonyl (C=O) groups excluding carboxylic acids is 3. The summed E-state index contributed by atoms with van der Waals surface area (Å²) in [6.45, 7) is 7.03. The number of rotatable bonds is 7. The van der Waals surface area contributed by atoms with E-state index in [1.54, 1.807) is 45.8 Å². The van der Waals surface area contributed by atoms with Crippen LogP contribution in [-0.4, -0.2) is 59.6 Å². The van der Waals surface area contributed by atoms with E-state index in [0.717, 1.165) is 5.69 Å². The molecule has 1 heterocycles. The van der Waals surface area contributed by atoms with Crippen LogP contribution in [0.15, 0.2) is 24.4 Å². The van der Waals surface area contributed by atoms with Gasteiger partial charge in [0.15, 0.2) is 0 Å². The maximum absolute atomic E-state index is 12.3. The second-order valence-corrected chi connectivity index (χ2v) is 6.98. The summed E-state index contributed by atoms with van der Waals surface area (Å²) in [6, 6.07) is 4.93. The van der Waals surface area contributed by atoms with Crippen LogP contribution in [0.5, 0.6) is 0 Å². The smallest absolute Gasteiger partial charge is 0.408 e. The van der Waals surface area contributed by atoms with Gasteiger partial charge in [0, 0.05) is 31.9 Å². The molecule has 144 valence electrons. The van der Waals surface area contributed by atoms with E-state index in [2.05, 4.69) is 15.6 Å². The highest BCUT2D eigenvalue weighted by Gasteiger charge is 2.21. The van der Waals surface area contributed by atoms with Gasteiger partial charge in [-0.1, -0.05) is 6.07 Å². The monoisotopic (exact) mass is 364 g/mol. The Bertz CT molecular complexity index is 613. The number of amides is 3. The van der Waals surface area contributed by atoms with E-state index in [1.807, 2.05) is 18.2 Å². The van der Waals surface area contributed by atoms with Crippen molar-refractivity contribution in [2.45, 2.75) is 45.8 Å². The van der Waals surface area contributed by atoms with Crippen LogP contribution in [0.4, 0.5) is 4.79 Å². The minimum absolute atomic E-state index is 0.216.